The first-order valence-electron chi connectivity index (χ1n) is 6.56. The van der Waals surface area contributed by atoms with Gasteiger partial charge in [-0.15, -0.1) is 11.3 Å². The van der Waals surface area contributed by atoms with Gasteiger partial charge in [0, 0.05) is 22.4 Å². The van der Waals surface area contributed by atoms with Crippen LogP contribution in [0.4, 0.5) is 0 Å². The van der Waals surface area contributed by atoms with E-state index in [4.69, 9.17) is 5.11 Å². The minimum absolute atomic E-state index is 0.00727. The second-order valence-electron chi connectivity index (χ2n) is 5.57. The largest absolute Gasteiger partial charge is 0.396 e. The Morgan fingerprint density at radius 2 is 2.17 bits per heavy atom. The summed E-state index contributed by atoms with van der Waals surface area (Å²) in [6, 6.07) is 0. The molecule has 1 heterocycles. The molecular formula is C14H21NO2S. The second-order valence-corrected chi connectivity index (χ2v) is 6.53. The van der Waals surface area contributed by atoms with Crippen molar-refractivity contribution in [3.8, 4) is 0 Å². The molecule has 4 heteroatoms. The van der Waals surface area contributed by atoms with Crippen LogP contribution in [0.25, 0.3) is 0 Å². The van der Waals surface area contributed by atoms with Crippen molar-refractivity contribution in [2.24, 2.45) is 0 Å². The van der Waals surface area contributed by atoms with Crippen LogP contribution in [-0.4, -0.2) is 23.2 Å². The van der Waals surface area contributed by atoms with Crippen LogP contribution in [0.3, 0.4) is 0 Å². The van der Waals surface area contributed by atoms with Crippen LogP contribution in [0.2, 0.25) is 0 Å². The summed E-state index contributed by atoms with van der Waals surface area (Å²) in [7, 11) is 0. The Bertz CT molecular complexity index is 437. The molecule has 2 N–H and O–H groups in total. The molecule has 2 rings (SSSR count). The van der Waals surface area contributed by atoms with Crippen molar-refractivity contribution in [3.05, 3.63) is 21.4 Å². The normalized spacial score (nSPS) is 15.3. The predicted molar refractivity (Wildman–Crippen MR) is 74.2 cm³/mol. The van der Waals surface area contributed by atoms with Gasteiger partial charge in [0.05, 0.1) is 5.56 Å². The zero-order valence-corrected chi connectivity index (χ0v) is 11.9. The number of nitrogens with one attached hydrogen (secondary N) is 1. The Hall–Kier alpha value is -0.870. The molecular weight excluding hydrogens is 246 g/mol. The van der Waals surface area contributed by atoms with Crippen molar-refractivity contribution in [1.82, 2.24) is 5.32 Å². The van der Waals surface area contributed by atoms with E-state index < -0.39 is 0 Å². The number of aliphatic hydroxyl groups is 1. The molecule has 0 spiro atoms. The van der Waals surface area contributed by atoms with Crippen LogP contribution in [0.1, 0.15) is 53.9 Å². The average Bonchev–Trinajstić information content (AvgIpc) is 2.71. The van der Waals surface area contributed by atoms with Gasteiger partial charge in [0.15, 0.2) is 0 Å². The van der Waals surface area contributed by atoms with Crippen LogP contribution < -0.4 is 5.32 Å². The van der Waals surface area contributed by atoms with Gasteiger partial charge in [-0.1, -0.05) is 0 Å². The molecule has 1 aromatic rings. The Labute approximate surface area is 112 Å². The Morgan fingerprint density at radius 3 is 2.89 bits per heavy atom. The van der Waals surface area contributed by atoms with E-state index in [1.807, 2.05) is 19.2 Å². The molecule has 1 amide bonds. The van der Waals surface area contributed by atoms with Gasteiger partial charge in [-0.3, -0.25) is 4.79 Å². The van der Waals surface area contributed by atoms with Crippen molar-refractivity contribution >= 4 is 17.2 Å². The summed E-state index contributed by atoms with van der Waals surface area (Å²) in [4.78, 5) is 13.7. The lowest BCUT2D eigenvalue weighted by molar-refractivity contribution is 0.0899. The Balaban J connectivity index is 2.12. The van der Waals surface area contributed by atoms with Gasteiger partial charge in [0.1, 0.15) is 0 Å². The molecule has 0 radical (unpaired) electrons. The topological polar surface area (TPSA) is 49.3 Å². The van der Waals surface area contributed by atoms with E-state index in [1.54, 1.807) is 11.3 Å². The molecule has 100 valence electrons. The van der Waals surface area contributed by atoms with Crippen LogP contribution >= 0.6 is 11.3 Å². The predicted octanol–water partition coefficient (Wildman–Crippen LogP) is 2.52. The maximum Gasteiger partial charge on any atom is 0.252 e. The SMILES string of the molecule is CC(C)(CCO)NC(=O)c1csc2c1CCCC2. The average molecular weight is 267 g/mol. The highest BCUT2D eigenvalue weighted by atomic mass is 32.1. The maximum absolute atomic E-state index is 12.3. The number of aliphatic hydroxyl groups excluding tert-OH is 1. The number of amides is 1. The zero-order valence-electron chi connectivity index (χ0n) is 11.1. The van der Waals surface area contributed by atoms with E-state index >= 15 is 0 Å². The van der Waals surface area contributed by atoms with Gasteiger partial charge in [-0.25, -0.2) is 0 Å². The lowest BCUT2D eigenvalue weighted by Gasteiger charge is -2.25. The highest BCUT2D eigenvalue weighted by Crippen LogP contribution is 2.30. The van der Waals surface area contributed by atoms with Crippen LogP contribution in [-0.2, 0) is 12.8 Å². The summed E-state index contributed by atoms with van der Waals surface area (Å²) in [6.45, 7) is 3.98. The molecule has 1 aliphatic rings. The molecule has 0 unspecified atom stereocenters. The third-order valence-electron chi connectivity index (χ3n) is 3.49. The third-order valence-corrected chi connectivity index (χ3v) is 4.58. The molecule has 1 aliphatic carbocycles. The molecule has 3 nitrogen and oxygen atoms in total. The van der Waals surface area contributed by atoms with E-state index in [0.29, 0.717) is 6.42 Å². The number of carbonyl (C=O) groups excluding carboxylic acids is 1. The van der Waals surface area contributed by atoms with Crippen LogP contribution in [0.15, 0.2) is 5.38 Å². The molecule has 0 saturated carbocycles. The molecule has 1 aromatic heterocycles. The fourth-order valence-corrected chi connectivity index (χ4v) is 3.53. The summed E-state index contributed by atoms with van der Waals surface area (Å²) >= 11 is 1.71. The lowest BCUT2D eigenvalue weighted by Crippen LogP contribution is -2.44. The number of rotatable bonds is 4. The second kappa shape index (κ2) is 5.41. The minimum atomic E-state index is -0.352. The summed E-state index contributed by atoms with van der Waals surface area (Å²) in [6.07, 6.45) is 5.15. The quantitative estimate of drug-likeness (QED) is 0.880. The summed E-state index contributed by atoms with van der Waals surface area (Å²) in [5, 5.41) is 14.0. The molecule has 0 fully saturated rings. The first-order chi connectivity index (χ1) is 8.53. The van der Waals surface area contributed by atoms with E-state index in [1.165, 1.54) is 23.3 Å². The first kappa shape index (κ1) is 13.6. The van der Waals surface area contributed by atoms with Gasteiger partial charge >= 0.3 is 0 Å². The van der Waals surface area contributed by atoms with Crippen molar-refractivity contribution in [1.29, 1.82) is 0 Å². The number of thiophene rings is 1. The number of carbonyl (C=O) groups is 1. The van der Waals surface area contributed by atoms with Gasteiger partial charge < -0.3 is 10.4 Å². The van der Waals surface area contributed by atoms with Crippen molar-refractivity contribution < 1.29 is 9.90 Å². The number of fused-ring (bicyclic) bond motifs is 1. The fourth-order valence-electron chi connectivity index (χ4n) is 2.40. The molecule has 0 aromatic carbocycles. The number of hydrogen-bond donors (Lipinski definition) is 2. The van der Waals surface area contributed by atoms with E-state index in [2.05, 4.69) is 5.32 Å². The monoisotopic (exact) mass is 267 g/mol. The third kappa shape index (κ3) is 2.93. The van der Waals surface area contributed by atoms with Crippen LogP contribution in [0, 0.1) is 0 Å². The summed E-state index contributed by atoms with van der Waals surface area (Å²) < 4.78 is 0. The summed E-state index contributed by atoms with van der Waals surface area (Å²) in [5.41, 5.74) is 1.75. The molecule has 0 bridgehead atoms. The smallest absolute Gasteiger partial charge is 0.252 e. The highest BCUT2D eigenvalue weighted by molar-refractivity contribution is 7.10. The fraction of sp³-hybridized carbons (Fsp3) is 0.643. The van der Waals surface area contributed by atoms with Gasteiger partial charge in [0.25, 0.3) is 5.91 Å². The van der Waals surface area contributed by atoms with Gasteiger partial charge in [0.2, 0.25) is 0 Å². The Morgan fingerprint density at radius 1 is 1.44 bits per heavy atom. The first-order valence-corrected chi connectivity index (χ1v) is 7.44. The standard InChI is InChI=1S/C14H21NO2S/c1-14(2,7-8-16)15-13(17)11-9-18-12-6-4-3-5-10(11)12/h9,16H,3-8H2,1-2H3,(H,15,17). The van der Waals surface area contributed by atoms with Crippen LogP contribution in [0.5, 0.6) is 0 Å². The Kier molecular flexibility index (Phi) is 4.07. The lowest BCUT2D eigenvalue weighted by atomic mass is 9.94. The molecule has 18 heavy (non-hydrogen) atoms. The molecule has 0 atom stereocenters. The van der Waals surface area contributed by atoms with Gasteiger partial charge in [-0.05, 0) is 51.5 Å². The highest BCUT2D eigenvalue weighted by Gasteiger charge is 2.24. The van der Waals surface area contributed by atoms with E-state index in [-0.39, 0.29) is 18.1 Å². The van der Waals surface area contributed by atoms with Crippen molar-refractivity contribution in [2.75, 3.05) is 6.61 Å². The summed E-state index contributed by atoms with van der Waals surface area (Å²) in [5.74, 6) is 0.00727. The molecule has 0 saturated heterocycles. The van der Waals surface area contributed by atoms with Crippen molar-refractivity contribution in [3.63, 3.8) is 0 Å². The van der Waals surface area contributed by atoms with Gasteiger partial charge in [-0.2, -0.15) is 0 Å². The molecule has 0 aliphatic heterocycles. The zero-order chi connectivity index (χ0) is 13.2. The number of aryl methyl sites for hydroxylation is 1. The minimum Gasteiger partial charge on any atom is -0.396 e. The van der Waals surface area contributed by atoms with E-state index in [9.17, 15) is 4.79 Å². The maximum atomic E-state index is 12.3. The van der Waals surface area contributed by atoms with E-state index in [0.717, 1.165) is 18.4 Å². The van der Waals surface area contributed by atoms with Crippen molar-refractivity contribution in [2.45, 2.75) is 51.5 Å². The number of hydrogen-bond acceptors (Lipinski definition) is 3.